The van der Waals surface area contributed by atoms with Crippen LogP contribution in [0.3, 0.4) is 0 Å². The number of anilines is 1. The molecule has 0 aliphatic carbocycles. The molecular weight excluding hydrogens is 268 g/mol. The molecular formula is C15H26N4S. The van der Waals surface area contributed by atoms with Gasteiger partial charge in [-0.1, -0.05) is 0 Å². The second-order valence-electron chi connectivity index (χ2n) is 6.50. The Morgan fingerprint density at radius 1 is 1.45 bits per heavy atom. The van der Waals surface area contributed by atoms with E-state index in [-0.39, 0.29) is 5.54 Å². The Morgan fingerprint density at radius 3 is 2.80 bits per heavy atom. The number of aromatic nitrogens is 2. The minimum Gasteiger partial charge on any atom is -0.336 e. The van der Waals surface area contributed by atoms with E-state index < -0.39 is 0 Å². The lowest BCUT2D eigenvalue weighted by atomic mass is 10.1. The third-order valence-electron chi connectivity index (χ3n) is 3.50. The quantitative estimate of drug-likeness (QED) is 0.928. The highest BCUT2D eigenvalue weighted by Crippen LogP contribution is 2.21. The molecule has 1 aromatic rings. The summed E-state index contributed by atoms with van der Waals surface area (Å²) in [6.07, 6.45) is 1.98. The van der Waals surface area contributed by atoms with Gasteiger partial charge in [-0.15, -0.1) is 0 Å². The van der Waals surface area contributed by atoms with Crippen LogP contribution in [-0.4, -0.2) is 39.6 Å². The lowest BCUT2D eigenvalue weighted by Gasteiger charge is -2.33. The monoisotopic (exact) mass is 294 g/mol. The molecule has 4 nitrogen and oxygen atoms in total. The molecule has 0 radical (unpaired) electrons. The lowest BCUT2D eigenvalue weighted by Crippen LogP contribution is -2.41. The number of nitrogens with zero attached hydrogens (tertiary/aromatic N) is 3. The van der Waals surface area contributed by atoms with Crippen LogP contribution in [0.25, 0.3) is 0 Å². The summed E-state index contributed by atoms with van der Waals surface area (Å²) in [4.78, 5) is 11.6. The van der Waals surface area contributed by atoms with Gasteiger partial charge in [-0.3, -0.25) is 0 Å². The number of rotatable bonds is 3. The normalized spacial score (nSPS) is 20.2. The van der Waals surface area contributed by atoms with Crippen LogP contribution in [0.1, 0.15) is 39.0 Å². The Morgan fingerprint density at radius 2 is 2.20 bits per heavy atom. The summed E-state index contributed by atoms with van der Waals surface area (Å²) in [5.41, 5.74) is 2.38. The van der Waals surface area contributed by atoms with Gasteiger partial charge in [0.1, 0.15) is 0 Å². The highest BCUT2D eigenvalue weighted by molar-refractivity contribution is 7.99. The third-order valence-corrected chi connectivity index (χ3v) is 4.69. The maximum atomic E-state index is 4.71. The number of hydrogen-bond donors (Lipinski definition) is 1. The molecule has 20 heavy (non-hydrogen) atoms. The Hall–Kier alpha value is -0.810. The van der Waals surface area contributed by atoms with Crippen LogP contribution < -0.4 is 10.2 Å². The van der Waals surface area contributed by atoms with Crippen molar-refractivity contribution in [3.8, 4) is 0 Å². The lowest BCUT2D eigenvalue weighted by molar-refractivity contribution is 0.423. The van der Waals surface area contributed by atoms with Crippen LogP contribution in [0, 0.1) is 6.92 Å². The van der Waals surface area contributed by atoms with Crippen molar-refractivity contribution >= 4 is 17.7 Å². The fourth-order valence-electron chi connectivity index (χ4n) is 2.18. The SMILES string of the molecule is Cc1nc(N2CCSCC2C)ncc1CNC(C)(C)C. The van der Waals surface area contributed by atoms with E-state index in [1.54, 1.807) is 0 Å². The van der Waals surface area contributed by atoms with E-state index >= 15 is 0 Å². The van der Waals surface area contributed by atoms with E-state index in [1.165, 1.54) is 11.3 Å². The first-order chi connectivity index (χ1) is 9.37. The number of nitrogens with one attached hydrogen (secondary N) is 1. The third kappa shape index (κ3) is 4.09. The molecule has 0 bridgehead atoms. The molecule has 1 unspecified atom stereocenters. The van der Waals surface area contributed by atoms with Crippen LogP contribution >= 0.6 is 11.8 Å². The summed E-state index contributed by atoms with van der Waals surface area (Å²) in [6, 6.07) is 0.520. The van der Waals surface area contributed by atoms with Crippen LogP contribution in [0.5, 0.6) is 0 Å². The summed E-state index contributed by atoms with van der Waals surface area (Å²) in [6.45, 7) is 12.7. The Kier molecular flexibility index (Phi) is 4.91. The number of thioether (sulfide) groups is 1. The van der Waals surface area contributed by atoms with Crippen LogP contribution in [0.4, 0.5) is 5.95 Å². The van der Waals surface area contributed by atoms with Gasteiger partial charge in [0.2, 0.25) is 5.95 Å². The van der Waals surface area contributed by atoms with E-state index in [0.717, 1.165) is 30.5 Å². The Labute approximate surface area is 126 Å². The van der Waals surface area contributed by atoms with Crippen molar-refractivity contribution in [2.75, 3.05) is 23.0 Å². The van der Waals surface area contributed by atoms with E-state index in [0.29, 0.717) is 6.04 Å². The molecule has 0 saturated carbocycles. The summed E-state index contributed by atoms with van der Waals surface area (Å²) >= 11 is 2.01. The second-order valence-corrected chi connectivity index (χ2v) is 7.65. The summed E-state index contributed by atoms with van der Waals surface area (Å²) in [5, 5.41) is 3.49. The van der Waals surface area contributed by atoms with Gasteiger partial charge < -0.3 is 10.2 Å². The molecule has 2 heterocycles. The van der Waals surface area contributed by atoms with Gasteiger partial charge >= 0.3 is 0 Å². The highest BCUT2D eigenvalue weighted by atomic mass is 32.2. The molecule has 1 aromatic heterocycles. The molecule has 1 atom stereocenters. The van der Waals surface area contributed by atoms with Crippen molar-refractivity contribution in [3.05, 3.63) is 17.5 Å². The minimum absolute atomic E-state index is 0.115. The Bertz CT molecular complexity index is 456. The molecule has 0 amide bonds. The van der Waals surface area contributed by atoms with Gasteiger partial charge in [0.05, 0.1) is 0 Å². The van der Waals surface area contributed by atoms with Crippen molar-refractivity contribution in [2.45, 2.75) is 52.7 Å². The van der Waals surface area contributed by atoms with Gasteiger partial charge in [-0.05, 0) is 34.6 Å². The maximum Gasteiger partial charge on any atom is 0.225 e. The zero-order valence-corrected chi connectivity index (χ0v) is 14.0. The van der Waals surface area contributed by atoms with Crippen molar-refractivity contribution < 1.29 is 0 Å². The highest BCUT2D eigenvalue weighted by Gasteiger charge is 2.21. The second kappa shape index (κ2) is 6.31. The molecule has 1 saturated heterocycles. The first-order valence-electron chi connectivity index (χ1n) is 7.29. The predicted molar refractivity (Wildman–Crippen MR) is 87.5 cm³/mol. The fraction of sp³-hybridized carbons (Fsp3) is 0.733. The zero-order chi connectivity index (χ0) is 14.8. The van der Waals surface area contributed by atoms with E-state index in [2.05, 4.69) is 49.8 Å². The smallest absolute Gasteiger partial charge is 0.225 e. The predicted octanol–water partition coefficient (Wildman–Crippen LogP) is 2.61. The molecule has 5 heteroatoms. The molecule has 1 N–H and O–H groups in total. The van der Waals surface area contributed by atoms with Crippen molar-refractivity contribution in [3.63, 3.8) is 0 Å². The average molecular weight is 294 g/mol. The fourth-order valence-corrected chi connectivity index (χ4v) is 3.19. The minimum atomic E-state index is 0.115. The van der Waals surface area contributed by atoms with Crippen LogP contribution in [0.15, 0.2) is 6.20 Å². The molecule has 1 aliphatic rings. The summed E-state index contributed by atoms with van der Waals surface area (Å²) in [5.74, 6) is 3.21. The van der Waals surface area contributed by atoms with Gasteiger partial charge in [-0.25, -0.2) is 9.97 Å². The molecule has 1 aliphatic heterocycles. The van der Waals surface area contributed by atoms with Gasteiger partial charge in [0.15, 0.2) is 0 Å². The average Bonchev–Trinajstić information content (AvgIpc) is 2.37. The topological polar surface area (TPSA) is 41.1 Å². The van der Waals surface area contributed by atoms with Crippen molar-refractivity contribution in [1.29, 1.82) is 0 Å². The largest absolute Gasteiger partial charge is 0.336 e. The van der Waals surface area contributed by atoms with Crippen LogP contribution in [0.2, 0.25) is 0 Å². The van der Waals surface area contributed by atoms with Gasteiger partial charge in [0, 0.05) is 53.6 Å². The van der Waals surface area contributed by atoms with Crippen molar-refractivity contribution in [1.82, 2.24) is 15.3 Å². The van der Waals surface area contributed by atoms with E-state index in [1.807, 2.05) is 18.0 Å². The zero-order valence-electron chi connectivity index (χ0n) is 13.2. The van der Waals surface area contributed by atoms with Gasteiger partial charge in [-0.2, -0.15) is 11.8 Å². The maximum absolute atomic E-state index is 4.71. The summed E-state index contributed by atoms with van der Waals surface area (Å²) < 4.78 is 0. The molecule has 0 aromatic carbocycles. The molecule has 112 valence electrons. The summed E-state index contributed by atoms with van der Waals surface area (Å²) in [7, 11) is 0. The standard InChI is InChI=1S/C15H26N4S/c1-11-10-20-7-6-19(11)14-16-8-13(12(2)18-14)9-17-15(3,4)5/h8,11,17H,6-7,9-10H2,1-5H3. The first-order valence-corrected chi connectivity index (χ1v) is 8.44. The molecule has 0 spiro atoms. The van der Waals surface area contributed by atoms with Gasteiger partial charge in [0.25, 0.3) is 0 Å². The van der Waals surface area contributed by atoms with Crippen LogP contribution in [-0.2, 0) is 6.54 Å². The molecule has 1 fully saturated rings. The number of hydrogen-bond acceptors (Lipinski definition) is 5. The van der Waals surface area contributed by atoms with E-state index in [4.69, 9.17) is 4.98 Å². The molecule has 2 rings (SSSR count). The van der Waals surface area contributed by atoms with E-state index in [9.17, 15) is 0 Å². The first kappa shape index (κ1) is 15.6. The number of aryl methyl sites for hydroxylation is 1. The Balaban J connectivity index is 2.09. The van der Waals surface area contributed by atoms with Crippen molar-refractivity contribution in [2.24, 2.45) is 0 Å².